The molecule has 1 saturated heterocycles. The standard InChI is InChI=1S/C31H38N4O4S.C2HF3O2/c1-22-11-15-28(16-12-22)40(38,39)33-26-17-25(18-32-19-26)31(37)34(2)20-27(36)21-35-29-9-5-3-7-23(29)13-14-24-8-4-6-10-30(24)35;3-2(4,5)1(6)7/h3-12,15-16,25-27,32-33,36H,13-14,17-21H2,1-2H3;(H,6,7)/t25-,26+,27?;/m0./s1. The molecule has 47 heavy (non-hydrogen) atoms. The lowest BCUT2D eigenvalue weighted by atomic mass is 9.95. The molecule has 0 aliphatic carbocycles. The van der Waals surface area contributed by atoms with Gasteiger partial charge in [0.25, 0.3) is 0 Å². The zero-order chi connectivity index (χ0) is 34.4. The summed E-state index contributed by atoms with van der Waals surface area (Å²) in [6, 6.07) is 22.9. The highest BCUT2D eigenvalue weighted by Gasteiger charge is 2.38. The summed E-state index contributed by atoms with van der Waals surface area (Å²) in [5, 5.41) is 21.5. The lowest BCUT2D eigenvalue weighted by molar-refractivity contribution is -0.192. The van der Waals surface area contributed by atoms with Crippen molar-refractivity contribution in [1.29, 1.82) is 0 Å². The van der Waals surface area contributed by atoms with Crippen LogP contribution in [-0.2, 0) is 32.5 Å². The number of piperidine rings is 1. The summed E-state index contributed by atoms with van der Waals surface area (Å²) in [6.07, 6.45) is -3.60. The van der Waals surface area contributed by atoms with E-state index in [-0.39, 0.29) is 17.3 Å². The molecular weight excluding hydrogens is 637 g/mol. The molecule has 0 spiro atoms. The molecule has 0 radical (unpaired) electrons. The number of para-hydroxylation sites is 2. The summed E-state index contributed by atoms with van der Waals surface area (Å²) in [5.41, 5.74) is 5.63. The molecule has 254 valence electrons. The van der Waals surface area contributed by atoms with Gasteiger partial charge in [-0.05, 0) is 61.6 Å². The van der Waals surface area contributed by atoms with Gasteiger partial charge in [-0.2, -0.15) is 13.2 Å². The lowest BCUT2D eigenvalue weighted by Gasteiger charge is -2.34. The number of halogens is 3. The number of carbonyl (C=O) groups is 2. The fourth-order valence-electron chi connectivity index (χ4n) is 5.78. The number of benzene rings is 3. The summed E-state index contributed by atoms with van der Waals surface area (Å²) < 4.78 is 60.3. The minimum atomic E-state index is -5.08. The number of hydrogen-bond acceptors (Lipinski definition) is 7. The van der Waals surface area contributed by atoms with Gasteiger partial charge in [-0.15, -0.1) is 0 Å². The summed E-state index contributed by atoms with van der Waals surface area (Å²) >= 11 is 0. The monoisotopic (exact) mass is 676 g/mol. The largest absolute Gasteiger partial charge is 0.490 e. The number of aliphatic hydroxyl groups excluding tert-OH is 1. The van der Waals surface area contributed by atoms with Gasteiger partial charge in [0, 0.05) is 44.1 Å². The highest BCUT2D eigenvalue weighted by molar-refractivity contribution is 7.89. The van der Waals surface area contributed by atoms with Gasteiger partial charge in [-0.3, -0.25) is 4.79 Å². The van der Waals surface area contributed by atoms with E-state index in [1.54, 1.807) is 36.2 Å². The van der Waals surface area contributed by atoms with Crippen LogP contribution in [0, 0.1) is 12.8 Å². The van der Waals surface area contributed by atoms with Crippen LogP contribution >= 0.6 is 0 Å². The first kappa shape index (κ1) is 35.9. The van der Waals surface area contributed by atoms with E-state index < -0.39 is 40.2 Å². The third kappa shape index (κ3) is 9.53. The summed E-state index contributed by atoms with van der Waals surface area (Å²) in [7, 11) is -1.99. The Kier molecular flexibility index (Phi) is 11.7. The first-order valence-corrected chi connectivity index (χ1v) is 16.6. The van der Waals surface area contributed by atoms with Gasteiger partial charge in [0.2, 0.25) is 15.9 Å². The fourth-order valence-corrected chi connectivity index (χ4v) is 7.03. The molecular formula is C33H39F3N4O6S. The van der Waals surface area contributed by atoms with Crippen molar-refractivity contribution in [3.63, 3.8) is 0 Å². The topological polar surface area (TPSA) is 139 Å². The van der Waals surface area contributed by atoms with Crippen molar-refractivity contribution in [3.8, 4) is 0 Å². The number of sulfonamides is 1. The number of β-amino-alcohol motifs (C(OH)–C–C–N with tert-alkyl or cyclic N) is 1. The van der Waals surface area contributed by atoms with Crippen LogP contribution in [0.25, 0.3) is 0 Å². The van der Waals surface area contributed by atoms with E-state index in [4.69, 9.17) is 9.90 Å². The highest BCUT2D eigenvalue weighted by Crippen LogP contribution is 2.36. The number of aryl methyl sites for hydroxylation is 3. The third-order valence-corrected chi connectivity index (χ3v) is 9.61. The number of carbonyl (C=O) groups excluding carboxylic acids is 1. The maximum Gasteiger partial charge on any atom is 0.490 e. The molecule has 1 amide bonds. The number of nitrogens with zero attached hydrogens (tertiary/aromatic N) is 2. The van der Waals surface area contributed by atoms with Crippen molar-refractivity contribution in [2.75, 3.05) is 38.1 Å². The van der Waals surface area contributed by atoms with Gasteiger partial charge in [0.15, 0.2) is 0 Å². The number of fused-ring (bicyclic) bond motifs is 2. The molecule has 3 atom stereocenters. The predicted molar refractivity (Wildman–Crippen MR) is 171 cm³/mol. The van der Waals surface area contributed by atoms with E-state index in [1.807, 2.05) is 31.2 Å². The maximum absolute atomic E-state index is 13.4. The van der Waals surface area contributed by atoms with Crippen LogP contribution in [0.1, 0.15) is 23.1 Å². The fraction of sp³-hybridized carbons (Fsp3) is 0.394. The first-order valence-electron chi connectivity index (χ1n) is 15.1. The minimum absolute atomic E-state index is 0.109. The molecule has 2 heterocycles. The van der Waals surface area contributed by atoms with Crippen molar-refractivity contribution < 1.29 is 41.4 Å². The van der Waals surface area contributed by atoms with Gasteiger partial charge in [0.1, 0.15) is 0 Å². The Bertz CT molecular complexity index is 1610. The second kappa shape index (κ2) is 15.3. The second-order valence-corrected chi connectivity index (χ2v) is 13.5. The van der Waals surface area contributed by atoms with Crippen LogP contribution in [-0.4, -0.2) is 87.0 Å². The Labute approximate surface area is 272 Å². The Morgan fingerprint density at radius 3 is 2.04 bits per heavy atom. The van der Waals surface area contributed by atoms with Crippen molar-refractivity contribution >= 4 is 33.3 Å². The molecule has 1 unspecified atom stereocenters. The predicted octanol–water partition coefficient (Wildman–Crippen LogP) is 3.64. The molecule has 0 saturated carbocycles. The number of likely N-dealkylation sites (N-methyl/N-ethyl adjacent to an activating group) is 1. The Balaban J connectivity index is 0.000000644. The Morgan fingerprint density at radius 2 is 1.51 bits per heavy atom. The SMILES string of the molecule is Cc1ccc(S(=O)(=O)N[C@H]2CNC[C@@H](C(=O)N(C)CC(O)CN3c4ccccc4CCc4ccccc43)C2)cc1.O=C(O)C(F)(F)F. The van der Waals surface area contributed by atoms with E-state index in [9.17, 15) is 31.5 Å². The number of carboxylic acid groups (broad SMARTS) is 1. The molecule has 2 aliphatic heterocycles. The molecule has 4 N–H and O–H groups in total. The quantitative estimate of drug-likeness (QED) is 0.284. The number of aliphatic carboxylic acids is 1. The van der Waals surface area contributed by atoms with Gasteiger partial charge in [-0.1, -0.05) is 54.1 Å². The molecule has 1 fully saturated rings. The van der Waals surface area contributed by atoms with Crippen LogP contribution in [0.5, 0.6) is 0 Å². The molecule has 5 rings (SSSR count). The van der Waals surface area contributed by atoms with Gasteiger partial charge in [0.05, 0.1) is 23.5 Å². The van der Waals surface area contributed by atoms with Crippen molar-refractivity contribution in [2.45, 2.75) is 49.4 Å². The normalized spacial score (nSPS) is 18.5. The van der Waals surface area contributed by atoms with Gasteiger partial charge in [-0.25, -0.2) is 17.9 Å². The van der Waals surface area contributed by atoms with Crippen LogP contribution in [0.4, 0.5) is 24.5 Å². The van der Waals surface area contributed by atoms with E-state index in [1.165, 1.54) is 11.1 Å². The van der Waals surface area contributed by atoms with E-state index in [0.29, 0.717) is 26.1 Å². The highest BCUT2D eigenvalue weighted by atomic mass is 32.2. The number of alkyl halides is 3. The van der Waals surface area contributed by atoms with Crippen LogP contribution < -0.4 is 14.9 Å². The smallest absolute Gasteiger partial charge is 0.475 e. The van der Waals surface area contributed by atoms with E-state index >= 15 is 0 Å². The Morgan fingerprint density at radius 1 is 0.979 bits per heavy atom. The van der Waals surface area contributed by atoms with E-state index in [0.717, 1.165) is 29.8 Å². The van der Waals surface area contributed by atoms with E-state index in [2.05, 4.69) is 39.2 Å². The second-order valence-electron chi connectivity index (χ2n) is 11.8. The first-order chi connectivity index (χ1) is 22.2. The van der Waals surface area contributed by atoms with Gasteiger partial charge >= 0.3 is 12.1 Å². The Hall–Kier alpha value is -3.98. The molecule has 10 nitrogen and oxygen atoms in total. The number of aliphatic hydroxyl groups is 1. The van der Waals surface area contributed by atoms with Gasteiger partial charge < -0.3 is 25.3 Å². The third-order valence-electron chi connectivity index (χ3n) is 8.08. The van der Waals surface area contributed by atoms with Crippen molar-refractivity contribution in [3.05, 3.63) is 89.5 Å². The van der Waals surface area contributed by atoms with Crippen LogP contribution in [0.2, 0.25) is 0 Å². The van der Waals surface area contributed by atoms with Crippen molar-refractivity contribution in [1.82, 2.24) is 14.9 Å². The summed E-state index contributed by atoms with van der Waals surface area (Å²) in [6.45, 7) is 3.36. The van der Waals surface area contributed by atoms with Crippen LogP contribution in [0.15, 0.2) is 77.7 Å². The number of rotatable bonds is 8. The number of anilines is 2. The molecule has 3 aromatic carbocycles. The van der Waals surface area contributed by atoms with Crippen molar-refractivity contribution in [2.24, 2.45) is 5.92 Å². The average Bonchev–Trinajstić information content (AvgIpc) is 3.17. The maximum atomic E-state index is 13.4. The average molecular weight is 677 g/mol. The molecule has 14 heteroatoms. The number of hydrogen-bond donors (Lipinski definition) is 4. The molecule has 0 bridgehead atoms. The minimum Gasteiger partial charge on any atom is -0.475 e. The zero-order valence-electron chi connectivity index (χ0n) is 26.1. The number of amides is 1. The molecule has 2 aliphatic rings. The number of nitrogens with one attached hydrogen (secondary N) is 2. The summed E-state index contributed by atoms with van der Waals surface area (Å²) in [5.74, 6) is -3.26. The van der Waals surface area contributed by atoms with Crippen LogP contribution in [0.3, 0.4) is 0 Å². The summed E-state index contributed by atoms with van der Waals surface area (Å²) in [4.78, 5) is 26.2. The lowest BCUT2D eigenvalue weighted by Crippen LogP contribution is -2.53. The molecule has 0 aromatic heterocycles. The number of carboxylic acids is 1. The zero-order valence-corrected chi connectivity index (χ0v) is 26.9. The molecule has 3 aromatic rings.